The first-order valence-electron chi connectivity index (χ1n) is 15.3. The molecule has 34 heavy (non-hydrogen) atoms. The van der Waals surface area contributed by atoms with E-state index in [0.717, 1.165) is 5.92 Å². The smallest absolute Gasteiger partial charge is 0.0190 e. The number of hydrogen-bond donors (Lipinski definition) is 0. The van der Waals surface area contributed by atoms with Gasteiger partial charge in [0, 0.05) is 0 Å². The molecule has 0 bridgehead atoms. The molecule has 0 spiro atoms. The van der Waals surface area contributed by atoms with E-state index in [2.05, 4.69) is 125 Å². The number of hydrogen-bond acceptors (Lipinski definition) is 0. The monoisotopic (exact) mass is 479 g/mol. The van der Waals surface area contributed by atoms with Gasteiger partial charge in [0.2, 0.25) is 0 Å². The molecule has 0 aliphatic heterocycles. The molecule has 8 atom stereocenters. The highest BCUT2D eigenvalue weighted by atomic mass is 14.7. The maximum atomic E-state index is 2.72. The van der Waals surface area contributed by atoms with Gasteiger partial charge >= 0.3 is 0 Å². The van der Waals surface area contributed by atoms with E-state index in [1.54, 1.807) is 0 Å². The van der Waals surface area contributed by atoms with Crippen molar-refractivity contribution in [3.05, 3.63) is 0 Å². The summed E-state index contributed by atoms with van der Waals surface area (Å²) in [5, 5.41) is 0. The van der Waals surface area contributed by atoms with Crippen LogP contribution in [-0.2, 0) is 0 Å². The predicted molar refractivity (Wildman–Crippen MR) is 158 cm³/mol. The molecule has 0 aromatic rings. The third kappa shape index (κ3) is 5.19. The molecule has 0 saturated carbocycles. The second-order valence-corrected chi connectivity index (χ2v) is 14.7. The maximum absolute atomic E-state index is 2.72. The Bertz CT molecular complexity index is 601. The Morgan fingerprint density at radius 1 is 0.500 bits per heavy atom. The summed E-state index contributed by atoms with van der Waals surface area (Å²) in [5.74, 6) is 4.09. The lowest BCUT2D eigenvalue weighted by molar-refractivity contribution is -0.199. The molecule has 0 aliphatic rings. The molecule has 0 saturated heterocycles. The van der Waals surface area contributed by atoms with Crippen LogP contribution in [0.15, 0.2) is 0 Å². The van der Waals surface area contributed by atoms with E-state index in [0.29, 0.717) is 35.0 Å². The Labute approximate surface area is 219 Å². The van der Waals surface area contributed by atoms with Crippen molar-refractivity contribution in [1.82, 2.24) is 0 Å². The zero-order valence-corrected chi connectivity index (χ0v) is 27.5. The SMILES string of the molecule is CCC(C)C(C)C(C)(CC)C(C)(C(C)C)C(C)(CC)C(C)C(C)(CC(C)C)C(C)(CC)C(C)C. The summed E-state index contributed by atoms with van der Waals surface area (Å²) in [6.07, 6.45) is 6.34. The molecule has 0 heterocycles. The first-order valence-corrected chi connectivity index (χ1v) is 15.3. The molecule has 0 radical (unpaired) electrons. The molecular formula is C34H70. The van der Waals surface area contributed by atoms with Crippen molar-refractivity contribution in [2.24, 2.45) is 62.6 Å². The van der Waals surface area contributed by atoms with Gasteiger partial charge in [-0.2, -0.15) is 0 Å². The molecule has 0 nitrogen and oxygen atoms in total. The quantitative estimate of drug-likeness (QED) is 0.219. The molecule has 206 valence electrons. The van der Waals surface area contributed by atoms with Gasteiger partial charge in [-0.1, -0.05) is 131 Å². The van der Waals surface area contributed by atoms with Gasteiger partial charge in [0.15, 0.2) is 0 Å². The third-order valence-electron chi connectivity index (χ3n) is 13.6. The van der Waals surface area contributed by atoms with Crippen molar-refractivity contribution < 1.29 is 0 Å². The average molecular weight is 479 g/mol. The van der Waals surface area contributed by atoms with Crippen LogP contribution in [0.4, 0.5) is 0 Å². The summed E-state index contributed by atoms with van der Waals surface area (Å²) in [6.45, 7) is 46.0. The lowest BCUT2D eigenvalue weighted by Gasteiger charge is -2.68. The zero-order valence-electron chi connectivity index (χ0n) is 27.5. The van der Waals surface area contributed by atoms with Crippen LogP contribution in [0, 0.1) is 62.6 Å². The lowest BCUT2D eigenvalue weighted by atomic mass is 9.36. The van der Waals surface area contributed by atoms with Crippen molar-refractivity contribution in [3.63, 3.8) is 0 Å². The molecule has 8 unspecified atom stereocenters. The third-order valence-corrected chi connectivity index (χ3v) is 13.6. The van der Waals surface area contributed by atoms with Crippen LogP contribution in [0.25, 0.3) is 0 Å². The van der Waals surface area contributed by atoms with Crippen LogP contribution < -0.4 is 0 Å². The topological polar surface area (TPSA) is 0 Å². The van der Waals surface area contributed by atoms with Gasteiger partial charge in [-0.25, -0.2) is 0 Å². The van der Waals surface area contributed by atoms with Crippen LogP contribution in [0.2, 0.25) is 0 Å². The Kier molecular flexibility index (Phi) is 12.0. The Hall–Kier alpha value is 0. The van der Waals surface area contributed by atoms with E-state index < -0.39 is 0 Å². The normalized spacial score (nSPS) is 24.6. The average Bonchev–Trinajstić information content (AvgIpc) is 2.78. The highest BCUT2D eigenvalue weighted by Crippen LogP contribution is 2.70. The molecule has 0 fully saturated rings. The van der Waals surface area contributed by atoms with E-state index in [9.17, 15) is 0 Å². The summed E-state index contributed by atoms with van der Waals surface area (Å²) < 4.78 is 0. The van der Waals surface area contributed by atoms with Crippen LogP contribution in [-0.4, -0.2) is 0 Å². The fourth-order valence-electron chi connectivity index (χ4n) is 9.17. The van der Waals surface area contributed by atoms with Crippen molar-refractivity contribution in [1.29, 1.82) is 0 Å². The second-order valence-electron chi connectivity index (χ2n) is 14.7. The van der Waals surface area contributed by atoms with Crippen LogP contribution in [0.3, 0.4) is 0 Å². The predicted octanol–water partition coefficient (Wildman–Crippen LogP) is 11.9. The molecule has 0 aromatic carbocycles. The Morgan fingerprint density at radius 3 is 1.18 bits per heavy atom. The molecule has 0 aliphatic carbocycles. The summed E-state index contributed by atoms with van der Waals surface area (Å²) >= 11 is 0. The number of rotatable bonds is 15. The second kappa shape index (κ2) is 12.0. The van der Waals surface area contributed by atoms with Gasteiger partial charge in [0.25, 0.3) is 0 Å². The van der Waals surface area contributed by atoms with E-state index in [-0.39, 0.29) is 21.7 Å². The summed E-state index contributed by atoms with van der Waals surface area (Å²) in [5.41, 5.74) is 1.35. The van der Waals surface area contributed by atoms with E-state index in [1.165, 1.54) is 32.1 Å². The van der Waals surface area contributed by atoms with Gasteiger partial charge in [0.1, 0.15) is 0 Å². The minimum atomic E-state index is 0.232. The molecule has 0 heteroatoms. The lowest BCUT2D eigenvalue weighted by Crippen LogP contribution is -2.62. The molecule has 0 rings (SSSR count). The maximum Gasteiger partial charge on any atom is -0.0190 e. The summed E-state index contributed by atoms with van der Waals surface area (Å²) in [4.78, 5) is 0. The van der Waals surface area contributed by atoms with Crippen LogP contribution in [0.5, 0.6) is 0 Å². The van der Waals surface area contributed by atoms with Gasteiger partial charge in [-0.15, -0.1) is 0 Å². The summed E-state index contributed by atoms with van der Waals surface area (Å²) in [7, 11) is 0. The molecule has 0 aromatic heterocycles. The highest BCUT2D eigenvalue weighted by molar-refractivity contribution is 5.11. The van der Waals surface area contributed by atoms with Crippen molar-refractivity contribution in [2.75, 3.05) is 0 Å². The molecule has 0 N–H and O–H groups in total. The fraction of sp³-hybridized carbons (Fsp3) is 1.00. The summed E-state index contributed by atoms with van der Waals surface area (Å²) in [6, 6.07) is 0. The van der Waals surface area contributed by atoms with Gasteiger partial charge in [0.05, 0.1) is 0 Å². The standard InChI is InChI=1S/C34H70/c1-19-27(11)28(12)31(15,21-3)34(18,26(9)10)32(16,22-4)29(13)33(17,23-24(5)6)30(14,20-2)25(7)8/h24-29H,19-23H2,1-18H3. The fourth-order valence-corrected chi connectivity index (χ4v) is 9.17. The van der Waals surface area contributed by atoms with E-state index in [4.69, 9.17) is 0 Å². The van der Waals surface area contributed by atoms with Crippen LogP contribution in [0.1, 0.15) is 157 Å². The van der Waals surface area contributed by atoms with E-state index in [1.807, 2.05) is 0 Å². The minimum absolute atomic E-state index is 0.232. The highest BCUT2D eigenvalue weighted by Gasteiger charge is 2.63. The Morgan fingerprint density at radius 2 is 0.912 bits per heavy atom. The molecule has 0 amide bonds. The largest absolute Gasteiger partial charge is 0.0651 e. The Balaban J connectivity index is 7.37. The van der Waals surface area contributed by atoms with Crippen molar-refractivity contribution in [2.45, 2.75) is 157 Å². The van der Waals surface area contributed by atoms with Gasteiger partial charge in [-0.05, 0) is 88.3 Å². The first kappa shape index (κ1) is 34.0. The minimum Gasteiger partial charge on any atom is -0.0651 e. The zero-order chi connectivity index (χ0) is 27.5. The van der Waals surface area contributed by atoms with E-state index >= 15 is 0 Å². The van der Waals surface area contributed by atoms with Crippen molar-refractivity contribution >= 4 is 0 Å². The van der Waals surface area contributed by atoms with Gasteiger partial charge in [-0.3, -0.25) is 0 Å². The van der Waals surface area contributed by atoms with Crippen LogP contribution >= 0.6 is 0 Å². The van der Waals surface area contributed by atoms with Gasteiger partial charge < -0.3 is 0 Å². The first-order chi connectivity index (χ1) is 15.3. The molecular weight excluding hydrogens is 408 g/mol. The van der Waals surface area contributed by atoms with Crippen molar-refractivity contribution in [3.8, 4) is 0 Å².